The van der Waals surface area contributed by atoms with Crippen molar-refractivity contribution in [1.82, 2.24) is 10.2 Å². The highest BCUT2D eigenvalue weighted by molar-refractivity contribution is 7.10. The lowest BCUT2D eigenvalue weighted by molar-refractivity contribution is -0.919. The van der Waals surface area contributed by atoms with Crippen molar-refractivity contribution in [2.45, 2.75) is 12.5 Å². The van der Waals surface area contributed by atoms with Crippen molar-refractivity contribution >= 4 is 23.2 Å². The van der Waals surface area contributed by atoms with Gasteiger partial charge in [-0.1, -0.05) is 6.07 Å². The van der Waals surface area contributed by atoms with Crippen molar-refractivity contribution in [3.05, 3.63) is 45.6 Å². The van der Waals surface area contributed by atoms with Gasteiger partial charge in [0.25, 0.3) is 5.91 Å². The van der Waals surface area contributed by atoms with Gasteiger partial charge in [-0.3, -0.25) is 9.59 Å². The van der Waals surface area contributed by atoms with E-state index in [4.69, 9.17) is 9.47 Å². The average molecular weight is 419 g/mol. The van der Waals surface area contributed by atoms with Crippen LogP contribution in [0.15, 0.2) is 29.6 Å². The standard InChI is InChI=1S/C21H27N3O4S/c1-23(2)20(26)12-22-19(25)13-24-8-7-14-10-16(27-3)17(28-4)11-15(14)21(24)18-6-5-9-29-18/h5-6,9-11,21H,7-8,12-13H2,1-4H3,(H,22,25)/p+1/t21-/m0/s1. The first kappa shape index (κ1) is 21.1. The maximum atomic E-state index is 12.5. The minimum absolute atomic E-state index is 0.0182. The molecular weight excluding hydrogens is 390 g/mol. The lowest BCUT2D eigenvalue weighted by Gasteiger charge is -2.34. The summed E-state index contributed by atoms with van der Waals surface area (Å²) in [6, 6.07) is 8.25. The molecule has 0 bridgehead atoms. The van der Waals surface area contributed by atoms with Crippen molar-refractivity contribution < 1.29 is 24.0 Å². The van der Waals surface area contributed by atoms with Crippen LogP contribution in [0.1, 0.15) is 22.0 Å². The van der Waals surface area contributed by atoms with Crippen molar-refractivity contribution in [2.24, 2.45) is 0 Å². The highest BCUT2D eigenvalue weighted by atomic mass is 32.1. The first-order valence-corrected chi connectivity index (χ1v) is 10.4. The molecule has 8 heteroatoms. The number of benzene rings is 1. The number of methoxy groups -OCH3 is 2. The molecule has 2 N–H and O–H groups in total. The quantitative estimate of drug-likeness (QED) is 0.687. The van der Waals surface area contributed by atoms with Crippen LogP contribution in [0, 0.1) is 0 Å². The number of carbonyl (C=O) groups excluding carboxylic acids is 2. The van der Waals surface area contributed by atoms with Gasteiger partial charge >= 0.3 is 0 Å². The first-order valence-electron chi connectivity index (χ1n) is 9.54. The van der Waals surface area contributed by atoms with Gasteiger partial charge in [-0.05, 0) is 29.1 Å². The summed E-state index contributed by atoms with van der Waals surface area (Å²) in [6.07, 6.45) is 0.844. The van der Waals surface area contributed by atoms with E-state index >= 15 is 0 Å². The maximum Gasteiger partial charge on any atom is 0.275 e. The molecule has 1 aromatic heterocycles. The SMILES string of the molecule is COc1cc2c(cc1OC)[C@@H](c1cccs1)[NH+](CC(=O)NCC(=O)N(C)C)CC2. The van der Waals surface area contributed by atoms with Gasteiger partial charge in [0.15, 0.2) is 18.0 Å². The lowest BCUT2D eigenvalue weighted by Crippen LogP contribution is -3.14. The second kappa shape index (κ2) is 9.28. The molecule has 7 nitrogen and oxygen atoms in total. The predicted molar refractivity (Wildman–Crippen MR) is 112 cm³/mol. The summed E-state index contributed by atoms with van der Waals surface area (Å²) >= 11 is 1.68. The zero-order valence-corrected chi connectivity index (χ0v) is 18.1. The third kappa shape index (κ3) is 4.71. The predicted octanol–water partition coefficient (Wildman–Crippen LogP) is 0.500. The van der Waals surface area contributed by atoms with Crippen LogP contribution in [0.3, 0.4) is 0 Å². The Kier molecular flexibility index (Phi) is 6.76. The molecule has 29 heavy (non-hydrogen) atoms. The van der Waals surface area contributed by atoms with Gasteiger partial charge in [0.05, 0.1) is 32.2 Å². The zero-order valence-electron chi connectivity index (χ0n) is 17.3. The van der Waals surface area contributed by atoms with Gasteiger partial charge in [0.1, 0.15) is 6.04 Å². The number of ether oxygens (including phenoxy) is 2. The minimum Gasteiger partial charge on any atom is -0.493 e. The molecular formula is C21H28N3O4S+. The monoisotopic (exact) mass is 418 g/mol. The second-order valence-corrected chi connectivity index (χ2v) is 8.23. The number of quaternary nitrogens is 1. The summed E-state index contributed by atoms with van der Waals surface area (Å²) < 4.78 is 11.0. The normalized spacial score (nSPS) is 17.9. The number of fused-ring (bicyclic) bond motifs is 1. The van der Waals surface area contributed by atoms with Crippen molar-refractivity contribution in [3.8, 4) is 11.5 Å². The van der Waals surface area contributed by atoms with Crippen LogP contribution in [0.4, 0.5) is 0 Å². The Bertz CT molecular complexity index is 867. The van der Waals surface area contributed by atoms with Crippen molar-refractivity contribution in [3.63, 3.8) is 0 Å². The Morgan fingerprint density at radius 1 is 1.24 bits per heavy atom. The van der Waals surface area contributed by atoms with E-state index in [-0.39, 0.29) is 24.4 Å². The van der Waals surface area contributed by atoms with Crippen LogP contribution in [0.5, 0.6) is 11.5 Å². The Hall–Kier alpha value is -2.58. The molecule has 0 saturated heterocycles. The van der Waals surface area contributed by atoms with Gasteiger partial charge in [-0.25, -0.2) is 0 Å². The summed E-state index contributed by atoms with van der Waals surface area (Å²) in [5, 5.41) is 4.80. The highest BCUT2D eigenvalue weighted by Gasteiger charge is 2.35. The van der Waals surface area contributed by atoms with E-state index in [1.165, 1.54) is 15.3 Å². The van der Waals surface area contributed by atoms with E-state index in [2.05, 4.69) is 16.8 Å². The summed E-state index contributed by atoms with van der Waals surface area (Å²) in [7, 11) is 6.62. The molecule has 1 aromatic carbocycles. The molecule has 2 aromatic rings. The molecule has 156 valence electrons. The van der Waals surface area contributed by atoms with Gasteiger partial charge in [-0.15, -0.1) is 11.3 Å². The number of nitrogens with one attached hydrogen (secondary N) is 2. The third-order valence-electron chi connectivity index (χ3n) is 5.23. The van der Waals surface area contributed by atoms with Gasteiger partial charge in [-0.2, -0.15) is 0 Å². The molecule has 1 unspecified atom stereocenters. The second-order valence-electron chi connectivity index (χ2n) is 7.25. The van der Waals surface area contributed by atoms with Crippen molar-refractivity contribution in [2.75, 3.05) is 47.9 Å². The Morgan fingerprint density at radius 2 is 1.97 bits per heavy atom. The maximum absolute atomic E-state index is 12.5. The van der Waals surface area contributed by atoms with Gasteiger partial charge in [0, 0.05) is 26.1 Å². The molecule has 2 atom stereocenters. The van der Waals surface area contributed by atoms with Crippen LogP contribution in [-0.4, -0.2) is 64.7 Å². The van der Waals surface area contributed by atoms with E-state index in [1.54, 1.807) is 39.7 Å². The first-order chi connectivity index (χ1) is 13.9. The molecule has 1 aliphatic heterocycles. The largest absolute Gasteiger partial charge is 0.493 e. The van der Waals surface area contributed by atoms with E-state index in [9.17, 15) is 9.59 Å². The Balaban J connectivity index is 1.86. The molecule has 2 amide bonds. The number of rotatable bonds is 7. The number of hydrogen-bond donors (Lipinski definition) is 2. The smallest absolute Gasteiger partial charge is 0.275 e. The molecule has 0 saturated carbocycles. The number of amides is 2. The molecule has 0 spiro atoms. The Morgan fingerprint density at radius 3 is 2.59 bits per heavy atom. The molecule has 3 rings (SSSR count). The fraction of sp³-hybridized carbons (Fsp3) is 0.429. The molecule has 0 fully saturated rings. The number of hydrogen-bond acceptors (Lipinski definition) is 5. The van der Waals surface area contributed by atoms with Crippen LogP contribution in [0.25, 0.3) is 0 Å². The fourth-order valence-corrected chi connectivity index (χ4v) is 4.58. The topological polar surface area (TPSA) is 72.3 Å². The molecule has 2 heterocycles. The Labute approximate surface area is 175 Å². The van der Waals surface area contributed by atoms with Gasteiger partial charge < -0.3 is 24.6 Å². The number of thiophene rings is 1. The third-order valence-corrected chi connectivity index (χ3v) is 6.17. The lowest BCUT2D eigenvalue weighted by atomic mass is 9.91. The van der Waals surface area contributed by atoms with Crippen LogP contribution in [0.2, 0.25) is 0 Å². The number of likely N-dealkylation sites (N-methyl/N-ethyl adjacent to an activating group) is 1. The fourth-order valence-electron chi connectivity index (χ4n) is 3.68. The zero-order chi connectivity index (χ0) is 21.0. The van der Waals surface area contributed by atoms with E-state index < -0.39 is 0 Å². The summed E-state index contributed by atoms with van der Waals surface area (Å²) in [5.41, 5.74) is 2.37. The molecule has 0 aliphatic carbocycles. The summed E-state index contributed by atoms with van der Waals surface area (Å²) in [5.74, 6) is 1.17. The van der Waals surface area contributed by atoms with Gasteiger partial charge in [0.2, 0.25) is 5.91 Å². The van der Waals surface area contributed by atoms with Crippen molar-refractivity contribution in [1.29, 1.82) is 0 Å². The average Bonchev–Trinajstić information content (AvgIpc) is 3.24. The van der Waals surface area contributed by atoms with Crippen LogP contribution < -0.4 is 19.7 Å². The molecule has 1 aliphatic rings. The minimum atomic E-state index is -0.124. The summed E-state index contributed by atoms with van der Waals surface area (Å²) in [6.45, 7) is 1.14. The number of carbonyl (C=O) groups is 2. The number of nitrogens with zero attached hydrogens (tertiary/aromatic N) is 1. The van der Waals surface area contributed by atoms with E-state index in [0.717, 1.165) is 29.2 Å². The molecule has 0 radical (unpaired) electrons. The summed E-state index contributed by atoms with van der Waals surface area (Å²) in [4.78, 5) is 28.1. The highest BCUT2D eigenvalue weighted by Crippen LogP contribution is 2.36. The van der Waals surface area contributed by atoms with E-state index in [0.29, 0.717) is 12.3 Å². The van der Waals surface area contributed by atoms with E-state index in [1.807, 2.05) is 18.2 Å². The van der Waals surface area contributed by atoms with Crippen LogP contribution in [-0.2, 0) is 16.0 Å². The van der Waals surface area contributed by atoms with Crippen LogP contribution >= 0.6 is 11.3 Å².